The minimum Gasteiger partial charge on any atom is -0.493 e. The Kier molecular flexibility index (Phi) is 6.65. The monoisotopic (exact) mass is 369 g/mol. The van der Waals surface area contributed by atoms with Gasteiger partial charge in [0.1, 0.15) is 0 Å². The molecular formula is C21H27N3O3. The molecule has 1 amide bonds. The number of benzene rings is 1. The van der Waals surface area contributed by atoms with Crippen molar-refractivity contribution in [3.8, 4) is 11.5 Å². The molecular weight excluding hydrogens is 342 g/mol. The quantitative estimate of drug-likeness (QED) is 0.813. The maximum Gasteiger partial charge on any atom is 0.251 e. The van der Waals surface area contributed by atoms with Crippen molar-refractivity contribution in [1.82, 2.24) is 15.2 Å². The SMILES string of the molecule is CCOc1ccc(C(=O)NC2CCN(Cc3ccccn3)CC2)cc1OC. The van der Waals surface area contributed by atoms with E-state index in [0.29, 0.717) is 23.7 Å². The largest absolute Gasteiger partial charge is 0.493 e. The lowest BCUT2D eigenvalue weighted by Gasteiger charge is -2.32. The summed E-state index contributed by atoms with van der Waals surface area (Å²) >= 11 is 0. The maximum atomic E-state index is 12.6. The predicted molar refractivity (Wildman–Crippen MR) is 104 cm³/mol. The van der Waals surface area contributed by atoms with E-state index in [1.165, 1.54) is 0 Å². The van der Waals surface area contributed by atoms with Crippen molar-refractivity contribution in [1.29, 1.82) is 0 Å². The zero-order valence-electron chi connectivity index (χ0n) is 16.0. The maximum absolute atomic E-state index is 12.6. The van der Waals surface area contributed by atoms with Crippen molar-refractivity contribution in [3.63, 3.8) is 0 Å². The van der Waals surface area contributed by atoms with Crippen LogP contribution in [0.15, 0.2) is 42.6 Å². The summed E-state index contributed by atoms with van der Waals surface area (Å²) in [5.41, 5.74) is 1.67. The number of hydrogen-bond acceptors (Lipinski definition) is 5. The molecule has 27 heavy (non-hydrogen) atoms. The van der Waals surface area contributed by atoms with E-state index in [0.717, 1.165) is 38.2 Å². The lowest BCUT2D eigenvalue weighted by molar-refractivity contribution is 0.0908. The van der Waals surface area contributed by atoms with Crippen LogP contribution in [0.2, 0.25) is 0 Å². The Labute approximate surface area is 160 Å². The van der Waals surface area contributed by atoms with Crippen LogP contribution in [0.1, 0.15) is 35.8 Å². The van der Waals surface area contributed by atoms with Crippen molar-refractivity contribution < 1.29 is 14.3 Å². The van der Waals surface area contributed by atoms with E-state index in [-0.39, 0.29) is 11.9 Å². The first kappa shape index (κ1) is 19.2. The lowest BCUT2D eigenvalue weighted by atomic mass is 10.0. The summed E-state index contributed by atoms with van der Waals surface area (Å²) in [7, 11) is 1.58. The number of amides is 1. The number of pyridine rings is 1. The highest BCUT2D eigenvalue weighted by atomic mass is 16.5. The topological polar surface area (TPSA) is 63.7 Å². The minimum absolute atomic E-state index is 0.0699. The van der Waals surface area contributed by atoms with Crippen LogP contribution >= 0.6 is 0 Å². The second-order valence-corrected chi connectivity index (χ2v) is 6.64. The van der Waals surface area contributed by atoms with Crippen molar-refractivity contribution in [3.05, 3.63) is 53.9 Å². The number of hydrogen-bond donors (Lipinski definition) is 1. The number of piperidine rings is 1. The highest BCUT2D eigenvalue weighted by molar-refractivity contribution is 5.95. The first-order valence-electron chi connectivity index (χ1n) is 9.43. The standard InChI is InChI=1S/C21H27N3O3/c1-3-27-19-8-7-16(14-20(19)26-2)21(25)23-17-9-12-24(13-10-17)15-18-6-4-5-11-22-18/h4-8,11,14,17H,3,9-10,12-13,15H2,1-2H3,(H,23,25). The van der Waals surface area contributed by atoms with Gasteiger partial charge in [-0.25, -0.2) is 0 Å². The van der Waals surface area contributed by atoms with E-state index in [4.69, 9.17) is 9.47 Å². The van der Waals surface area contributed by atoms with Crippen molar-refractivity contribution in [2.75, 3.05) is 26.8 Å². The highest BCUT2D eigenvalue weighted by Crippen LogP contribution is 2.28. The van der Waals surface area contributed by atoms with Crippen LogP contribution in [0.3, 0.4) is 0 Å². The van der Waals surface area contributed by atoms with Gasteiger partial charge in [-0.2, -0.15) is 0 Å². The average molecular weight is 369 g/mol. The molecule has 0 atom stereocenters. The number of aromatic nitrogens is 1. The number of likely N-dealkylation sites (tertiary alicyclic amines) is 1. The number of nitrogens with one attached hydrogen (secondary N) is 1. The van der Waals surface area contributed by atoms with Gasteiger partial charge in [0.25, 0.3) is 5.91 Å². The molecule has 144 valence electrons. The first-order valence-corrected chi connectivity index (χ1v) is 9.43. The first-order chi connectivity index (χ1) is 13.2. The van der Waals surface area contributed by atoms with Crippen LogP contribution < -0.4 is 14.8 Å². The molecule has 0 spiro atoms. The lowest BCUT2D eigenvalue weighted by Crippen LogP contribution is -2.44. The van der Waals surface area contributed by atoms with E-state index in [1.807, 2.05) is 31.3 Å². The second-order valence-electron chi connectivity index (χ2n) is 6.64. The Balaban J connectivity index is 1.52. The van der Waals surface area contributed by atoms with Gasteiger partial charge in [-0.3, -0.25) is 14.7 Å². The van der Waals surface area contributed by atoms with Crippen molar-refractivity contribution in [2.24, 2.45) is 0 Å². The zero-order chi connectivity index (χ0) is 19.1. The highest BCUT2D eigenvalue weighted by Gasteiger charge is 2.22. The fourth-order valence-corrected chi connectivity index (χ4v) is 3.31. The number of nitrogens with zero attached hydrogens (tertiary/aromatic N) is 2. The molecule has 1 aromatic heterocycles. The van der Waals surface area contributed by atoms with Gasteiger partial charge in [0.05, 0.1) is 19.4 Å². The molecule has 6 heteroatoms. The fourth-order valence-electron chi connectivity index (χ4n) is 3.31. The van der Waals surface area contributed by atoms with Gasteiger partial charge in [-0.1, -0.05) is 6.07 Å². The molecule has 1 aromatic carbocycles. The summed E-state index contributed by atoms with van der Waals surface area (Å²) in [6.07, 6.45) is 3.70. The molecule has 1 fully saturated rings. The van der Waals surface area contributed by atoms with Crippen LogP contribution in [0, 0.1) is 0 Å². The third-order valence-corrected chi connectivity index (χ3v) is 4.76. The fraction of sp³-hybridized carbons (Fsp3) is 0.429. The molecule has 1 N–H and O–H groups in total. The smallest absolute Gasteiger partial charge is 0.251 e. The van der Waals surface area contributed by atoms with Gasteiger partial charge in [-0.05, 0) is 50.1 Å². The van der Waals surface area contributed by atoms with E-state index in [2.05, 4.69) is 15.2 Å². The van der Waals surface area contributed by atoms with Crippen molar-refractivity contribution in [2.45, 2.75) is 32.4 Å². The molecule has 0 radical (unpaired) electrons. The molecule has 1 aliphatic rings. The summed E-state index contributed by atoms with van der Waals surface area (Å²) in [6, 6.07) is 11.5. The number of rotatable bonds is 7. The molecule has 0 bridgehead atoms. The molecule has 3 rings (SSSR count). The zero-order valence-corrected chi connectivity index (χ0v) is 16.0. The summed E-state index contributed by atoms with van der Waals surface area (Å²) in [6.45, 7) is 5.24. The molecule has 0 unspecified atom stereocenters. The summed E-state index contributed by atoms with van der Waals surface area (Å²) in [5.74, 6) is 1.16. The molecule has 6 nitrogen and oxygen atoms in total. The molecule has 0 aliphatic carbocycles. The third kappa shape index (κ3) is 5.20. The van der Waals surface area contributed by atoms with Gasteiger partial charge in [0.2, 0.25) is 0 Å². The van der Waals surface area contributed by atoms with Gasteiger partial charge in [0.15, 0.2) is 11.5 Å². The Hall–Kier alpha value is -2.60. The number of carbonyl (C=O) groups is 1. The van der Waals surface area contributed by atoms with Crippen LogP contribution in [-0.2, 0) is 6.54 Å². The summed E-state index contributed by atoms with van der Waals surface area (Å²) < 4.78 is 10.8. The van der Waals surface area contributed by atoms with E-state index in [1.54, 1.807) is 25.3 Å². The minimum atomic E-state index is -0.0699. The Morgan fingerprint density at radius 3 is 2.70 bits per heavy atom. The van der Waals surface area contributed by atoms with E-state index in [9.17, 15) is 4.79 Å². The second kappa shape index (κ2) is 9.37. The number of methoxy groups -OCH3 is 1. The Morgan fingerprint density at radius 2 is 2.04 bits per heavy atom. The van der Waals surface area contributed by atoms with Crippen LogP contribution in [0.5, 0.6) is 11.5 Å². The van der Waals surface area contributed by atoms with Crippen molar-refractivity contribution >= 4 is 5.91 Å². The van der Waals surface area contributed by atoms with Gasteiger partial charge >= 0.3 is 0 Å². The van der Waals surface area contributed by atoms with Crippen LogP contribution in [0.25, 0.3) is 0 Å². The number of ether oxygens (including phenoxy) is 2. The molecule has 0 saturated carbocycles. The summed E-state index contributed by atoms with van der Waals surface area (Å²) in [5, 5.41) is 3.14. The molecule has 2 heterocycles. The predicted octanol–water partition coefficient (Wildman–Crippen LogP) is 2.88. The molecule has 1 saturated heterocycles. The van der Waals surface area contributed by atoms with Crippen LogP contribution in [-0.4, -0.2) is 48.6 Å². The van der Waals surface area contributed by atoms with Gasteiger partial charge < -0.3 is 14.8 Å². The number of carbonyl (C=O) groups excluding carboxylic acids is 1. The average Bonchev–Trinajstić information content (AvgIpc) is 2.70. The van der Waals surface area contributed by atoms with E-state index >= 15 is 0 Å². The van der Waals surface area contributed by atoms with E-state index < -0.39 is 0 Å². The third-order valence-electron chi connectivity index (χ3n) is 4.76. The van der Waals surface area contributed by atoms with Crippen LogP contribution in [0.4, 0.5) is 0 Å². The summed E-state index contributed by atoms with van der Waals surface area (Å²) in [4.78, 5) is 19.4. The molecule has 1 aliphatic heterocycles. The van der Waals surface area contributed by atoms with Gasteiger partial charge in [0, 0.05) is 37.4 Å². The Morgan fingerprint density at radius 1 is 1.22 bits per heavy atom. The van der Waals surface area contributed by atoms with Gasteiger partial charge in [-0.15, -0.1) is 0 Å². The molecule has 2 aromatic rings. The Bertz CT molecular complexity index is 744. The normalized spacial score (nSPS) is 15.3.